The highest BCUT2D eigenvalue weighted by Gasteiger charge is 2.34. The summed E-state index contributed by atoms with van der Waals surface area (Å²) in [5.41, 5.74) is 0.811. The molecule has 2 aromatic rings. The molecule has 2 N–H and O–H groups in total. The topological polar surface area (TPSA) is 100 Å². The first kappa shape index (κ1) is 18.3. The van der Waals surface area contributed by atoms with Crippen LogP contribution in [0.4, 0.5) is 0 Å². The molecule has 2 heterocycles. The van der Waals surface area contributed by atoms with Gasteiger partial charge in [-0.05, 0) is 25.5 Å². The molecule has 0 radical (unpaired) electrons. The minimum atomic E-state index is -0.976. The van der Waals surface area contributed by atoms with Gasteiger partial charge in [-0.25, -0.2) is 0 Å². The van der Waals surface area contributed by atoms with E-state index >= 15 is 0 Å². The van der Waals surface area contributed by atoms with Gasteiger partial charge in [-0.1, -0.05) is 29.8 Å². The fraction of sp³-hybridized carbons (Fsp3) is 0.412. The molecule has 1 aromatic heterocycles. The number of aryl methyl sites for hydroxylation is 1. The van der Waals surface area contributed by atoms with Crippen LogP contribution in [0.3, 0.4) is 0 Å². The number of hydrogen-bond acceptors (Lipinski definition) is 5. The summed E-state index contributed by atoms with van der Waals surface area (Å²) in [6, 6.07) is 6.20. The van der Waals surface area contributed by atoms with E-state index < -0.39 is 12.0 Å². The van der Waals surface area contributed by atoms with Gasteiger partial charge in [0.2, 0.25) is 5.91 Å². The Labute approximate surface area is 155 Å². The molecular weight excluding hydrogens is 358 g/mol. The molecule has 9 heteroatoms. The lowest BCUT2D eigenvalue weighted by Gasteiger charge is -2.33. The Bertz CT molecular complexity index is 838. The van der Waals surface area contributed by atoms with Gasteiger partial charge in [-0.2, -0.15) is 0 Å². The Morgan fingerprint density at radius 1 is 1.38 bits per heavy atom. The average molecular weight is 378 g/mol. The lowest BCUT2D eigenvalue weighted by Crippen LogP contribution is -2.51. The molecule has 0 saturated heterocycles. The van der Waals surface area contributed by atoms with Crippen LogP contribution in [0.1, 0.15) is 30.2 Å². The van der Waals surface area contributed by atoms with Gasteiger partial charge in [0.25, 0.3) is 0 Å². The van der Waals surface area contributed by atoms with Crippen LogP contribution in [-0.4, -0.2) is 49.2 Å². The molecule has 2 atom stereocenters. The third kappa shape index (κ3) is 3.71. The zero-order valence-corrected chi connectivity index (χ0v) is 15.3. The van der Waals surface area contributed by atoms with E-state index in [1.807, 2.05) is 25.1 Å². The van der Waals surface area contributed by atoms with Gasteiger partial charge < -0.3 is 15.0 Å². The first-order valence-electron chi connectivity index (χ1n) is 8.26. The van der Waals surface area contributed by atoms with Crippen LogP contribution in [-0.2, 0) is 22.7 Å². The maximum Gasteiger partial charge on any atom is 0.322 e. The molecule has 0 bridgehead atoms. The molecule has 1 aliphatic rings. The van der Waals surface area contributed by atoms with Crippen LogP contribution in [0.2, 0.25) is 5.02 Å². The summed E-state index contributed by atoms with van der Waals surface area (Å²) < 4.78 is 1.78. The van der Waals surface area contributed by atoms with Crippen LogP contribution in [0, 0.1) is 6.92 Å². The Morgan fingerprint density at radius 2 is 2.12 bits per heavy atom. The lowest BCUT2D eigenvalue weighted by molar-refractivity contribution is -0.145. The van der Waals surface area contributed by atoms with Crippen molar-refractivity contribution in [3.63, 3.8) is 0 Å². The number of aliphatic carboxylic acids is 1. The van der Waals surface area contributed by atoms with Gasteiger partial charge in [-0.3, -0.25) is 14.5 Å². The van der Waals surface area contributed by atoms with Gasteiger partial charge in [0, 0.05) is 5.02 Å². The third-order valence-electron chi connectivity index (χ3n) is 4.53. The summed E-state index contributed by atoms with van der Waals surface area (Å²) in [5.74, 6) is 0.0821. The van der Waals surface area contributed by atoms with E-state index in [-0.39, 0.29) is 31.6 Å². The number of amides is 1. The van der Waals surface area contributed by atoms with Crippen LogP contribution in [0.25, 0.3) is 0 Å². The molecule has 1 aromatic carbocycles. The minimum absolute atomic E-state index is 0.0440. The smallest absolute Gasteiger partial charge is 0.322 e. The summed E-state index contributed by atoms with van der Waals surface area (Å²) in [6.45, 7) is 4.05. The first-order valence-corrected chi connectivity index (χ1v) is 8.64. The van der Waals surface area contributed by atoms with E-state index in [1.54, 1.807) is 22.5 Å². The summed E-state index contributed by atoms with van der Waals surface area (Å²) >= 11 is 6.16. The number of fused-ring (bicyclic) bond motifs is 1. The molecule has 1 aliphatic heterocycles. The van der Waals surface area contributed by atoms with Gasteiger partial charge in [0.05, 0.1) is 25.7 Å². The number of nitrogens with one attached hydrogen (secondary N) is 1. The van der Waals surface area contributed by atoms with Crippen molar-refractivity contribution in [3.8, 4) is 0 Å². The molecular formula is C17H20ClN5O3. The van der Waals surface area contributed by atoms with Crippen molar-refractivity contribution < 1.29 is 14.7 Å². The van der Waals surface area contributed by atoms with Gasteiger partial charge in [0.1, 0.15) is 17.7 Å². The van der Waals surface area contributed by atoms with Crippen LogP contribution < -0.4 is 5.32 Å². The second-order valence-corrected chi connectivity index (χ2v) is 6.75. The summed E-state index contributed by atoms with van der Waals surface area (Å²) in [5, 5.41) is 21.0. The summed E-state index contributed by atoms with van der Waals surface area (Å²) in [4.78, 5) is 25.7. The highest BCUT2D eigenvalue weighted by molar-refractivity contribution is 6.31. The SMILES string of the molecule is Cc1nnc2n1CC(C(=O)O)N(CC(=O)NC(C)c1ccccc1Cl)C2. The van der Waals surface area contributed by atoms with Crippen molar-refractivity contribution in [1.82, 2.24) is 25.0 Å². The minimum Gasteiger partial charge on any atom is -0.480 e. The van der Waals surface area contributed by atoms with Crippen molar-refractivity contribution in [3.05, 3.63) is 46.5 Å². The number of rotatable bonds is 5. The van der Waals surface area contributed by atoms with Crippen molar-refractivity contribution in [2.75, 3.05) is 6.54 Å². The highest BCUT2D eigenvalue weighted by atomic mass is 35.5. The number of benzene rings is 1. The molecule has 1 amide bonds. The predicted octanol–water partition coefficient (Wildman–Crippen LogP) is 1.39. The Hall–Kier alpha value is -2.45. The van der Waals surface area contributed by atoms with Gasteiger partial charge in [0.15, 0.2) is 0 Å². The largest absolute Gasteiger partial charge is 0.480 e. The molecule has 8 nitrogen and oxygen atoms in total. The van der Waals surface area contributed by atoms with E-state index in [9.17, 15) is 14.7 Å². The third-order valence-corrected chi connectivity index (χ3v) is 4.88. The van der Waals surface area contributed by atoms with Crippen LogP contribution >= 0.6 is 11.6 Å². The van der Waals surface area contributed by atoms with E-state index in [4.69, 9.17) is 11.6 Å². The zero-order valence-electron chi connectivity index (χ0n) is 14.5. The number of carboxylic acid groups (broad SMARTS) is 1. The van der Waals surface area contributed by atoms with Crippen molar-refractivity contribution in [2.45, 2.75) is 39.0 Å². The van der Waals surface area contributed by atoms with Gasteiger partial charge in [-0.15, -0.1) is 10.2 Å². The second-order valence-electron chi connectivity index (χ2n) is 6.34. The number of nitrogens with zero attached hydrogens (tertiary/aromatic N) is 4. The molecule has 0 fully saturated rings. The maximum absolute atomic E-state index is 12.5. The number of carbonyl (C=O) groups excluding carboxylic acids is 1. The quantitative estimate of drug-likeness (QED) is 0.816. The summed E-state index contributed by atoms with van der Waals surface area (Å²) in [7, 11) is 0. The zero-order chi connectivity index (χ0) is 18.8. The molecule has 26 heavy (non-hydrogen) atoms. The molecule has 3 rings (SSSR count). The Balaban J connectivity index is 1.69. The first-order chi connectivity index (χ1) is 12.4. The maximum atomic E-state index is 12.5. The fourth-order valence-electron chi connectivity index (χ4n) is 3.14. The van der Waals surface area contributed by atoms with Crippen molar-refractivity contribution in [2.24, 2.45) is 0 Å². The number of aromatic nitrogens is 3. The van der Waals surface area contributed by atoms with E-state index in [0.717, 1.165) is 5.56 Å². The van der Waals surface area contributed by atoms with E-state index in [2.05, 4.69) is 15.5 Å². The normalized spacial score (nSPS) is 18.2. The molecule has 0 aliphatic carbocycles. The number of carbonyl (C=O) groups is 2. The summed E-state index contributed by atoms with van der Waals surface area (Å²) in [6.07, 6.45) is 0. The Kier molecular flexibility index (Phi) is 5.24. The predicted molar refractivity (Wildman–Crippen MR) is 94.6 cm³/mol. The highest BCUT2D eigenvalue weighted by Crippen LogP contribution is 2.22. The van der Waals surface area contributed by atoms with Crippen molar-refractivity contribution in [1.29, 1.82) is 0 Å². The molecule has 0 spiro atoms. The van der Waals surface area contributed by atoms with Crippen molar-refractivity contribution >= 4 is 23.5 Å². The second kappa shape index (κ2) is 7.43. The standard InChI is InChI=1S/C17H20ClN5O3/c1-10(12-5-3-4-6-13(12)18)19-16(24)9-22-8-15-21-20-11(2)23(15)7-14(22)17(25)26/h3-6,10,14H,7-9H2,1-2H3,(H,19,24)(H,25,26). The fourth-order valence-corrected chi connectivity index (χ4v) is 3.43. The lowest BCUT2D eigenvalue weighted by atomic mass is 10.1. The number of hydrogen-bond donors (Lipinski definition) is 2. The van der Waals surface area contributed by atoms with Crippen LogP contribution in [0.5, 0.6) is 0 Å². The average Bonchev–Trinajstić information content (AvgIpc) is 2.94. The Morgan fingerprint density at radius 3 is 2.81 bits per heavy atom. The molecule has 0 saturated carbocycles. The monoisotopic (exact) mass is 377 g/mol. The van der Waals surface area contributed by atoms with Crippen LogP contribution in [0.15, 0.2) is 24.3 Å². The number of carboxylic acids is 1. The number of halogens is 1. The van der Waals surface area contributed by atoms with E-state index in [0.29, 0.717) is 16.7 Å². The molecule has 2 unspecified atom stereocenters. The van der Waals surface area contributed by atoms with E-state index in [1.165, 1.54) is 0 Å². The van der Waals surface area contributed by atoms with Gasteiger partial charge >= 0.3 is 5.97 Å². The molecule has 138 valence electrons.